The van der Waals surface area contributed by atoms with Crippen LogP contribution in [0.25, 0.3) is 0 Å². The van der Waals surface area contributed by atoms with Gasteiger partial charge in [0.2, 0.25) is 16.8 Å². The third-order valence-electron chi connectivity index (χ3n) is 4.79. The van der Waals surface area contributed by atoms with Crippen molar-refractivity contribution < 1.29 is 37.1 Å². The Bertz CT molecular complexity index is 1130. The van der Waals surface area contributed by atoms with Crippen LogP contribution in [-0.2, 0) is 14.8 Å². The molecule has 0 aromatic heterocycles. The summed E-state index contributed by atoms with van der Waals surface area (Å²) in [6.45, 7) is 0.428. The fourth-order valence-corrected chi connectivity index (χ4v) is 4.58. The van der Waals surface area contributed by atoms with Crippen LogP contribution in [0.5, 0.6) is 17.2 Å². The van der Waals surface area contributed by atoms with Gasteiger partial charge in [0.05, 0.1) is 23.0 Å². The van der Waals surface area contributed by atoms with E-state index in [0.29, 0.717) is 17.1 Å². The number of fused-ring (bicyclic) bond motifs is 1. The van der Waals surface area contributed by atoms with E-state index in [0.717, 1.165) is 6.07 Å². The number of nitro benzene ring substituents is 1. The number of ketones is 1. The highest BCUT2D eigenvalue weighted by atomic mass is 32.2. The van der Waals surface area contributed by atoms with Crippen LogP contribution < -0.4 is 14.2 Å². The number of nitrogens with zero attached hydrogens (tertiary/aromatic N) is 2. The van der Waals surface area contributed by atoms with Crippen molar-refractivity contribution in [3.05, 3.63) is 52.1 Å². The zero-order valence-electron chi connectivity index (χ0n) is 16.2. The Morgan fingerprint density at radius 3 is 2.58 bits per heavy atom. The topological polar surface area (TPSA) is 135 Å². The van der Waals surface area contributed by atoms with E-state index in [9.17, 15) is 23.3 Å². The lowest BCUT2D eigenvalue weighted by Crippen LogP contribution is -2.40. The number of morpholine rings is 1. The molecule has 0 atom stereocenters. The van der Waals surface area contributed by atoms with E-state index in [2.05, 4.69) is 0 Å². The van der Waals surface area contributed by atoms with E-state index in [1.165, 1.54) is 28.6 Å². The second-order valence-corrected chi connectivity index (χ2v) is 8.62. The molecule has 0 bridgehead atoms. The van der Waals surface area contributed by atoms with E-state index in [-0.39, 0.29) is 43.7 Å². The van der Waals surface area contributed by atoms with Gasteiger partial charge in [-0.05, 0) is 30.3 Å². The second kappa shape index (κ2) is 8.49. The number of hydrogen-bond donors (Lipinski definition) is 0. The molecule has 2 aromatic carbocycles. The molecular formula is C19H18N2O9S. The number of carbonyl (C=O) groups excluding carboxylic acids is 1. The lowest BCUT2D eigenvalue weighted by molar-refractivity contribution is -0.386. The number of sulfonamides is 1. The van der Waals surface area contributed by atoms with Crippen LogP contribution in [0, 0.1) is 10.1 Å². The van der Waals surface area contributed by atoms with E-state index in [4.69, 9.17) is 18.9 Å². The summed E-state index contributed by atoms with van der Waals surface area (Å²) in [6.07, 6.45) is 0. The van der Waals surface area contributed by atoms with Crippen molar-refractivity contribution in [2.24, 2.45) is 0 Å². The molecule has 0 aliphatic carbocycles. The van der Waals surface area contributed by atoms with Gasteiger partial charge < -0.3 is 18.9 Å². The monoisotopic (exact) mass is 450 g/mol. The fraction of sp³-hybridized carbons (Fsp3) is 0.316. The number of hydrogen-bond acceptors (Lipinski definition) is 9. The van der Waals surface area contributed by atoms with Gasteiger partial charge in [-0.25, -0.2) is 8.42 Å². The third kappa shape index (κ3) is 4.31. The Hall–Kier alpha value is -3.22. The van der Waals surface area contributed by atoms with Gasteiger partial charge in [-0.15, -0.1) is 0 Å². The number of benzene rings is 2. The molecule has 12 heteroatoms. The molecule has 4 rings (SSSR count). The molecule has 164 valence electrons. The summed E-state index contributed by atoms with van der Waals surface area (Å²) in [6, 6.07) is 7.96. The molecule has 2 aromatic rings. The molecule has 11 nitrogen and oxygen atoms in total. The summed E-state index contributed by atoms with van der Waals surface area (Å²) in [5.41, 5.74) is -0.258. The molecule has 0 radical (unpaired) electrons. The highest BCUT2D eigenvalue weighted by Crippen LogP contribution is 2.33. The summed E-state index contributed by atoms with van der Waals surface area (Å²) in [5.74, 6) is 0.303. The fourth-order valence-electron chi connectivity index (χ4n) is 3.16. The second-order valence-electron chi connectivity index (χ2n) is 6.68. The maximum absolute atomic E-state index is 12.7. The van der Waals surface area contributed by atoms with Gasteiger partial charge in [0.1, 0.15) is 0 Å². The Labute approximate surface area is 177 Å². The zero-order valence-corrected chi connectivity index (χ0v) is 17.0. The minimum atomic E-state index is -3.91. The van der Waals surface area contributed by atoms with Gasteiger partial charge in [0.15, 0.2) is 29.6 Å². The predicted molar refractivity (Wildman–Crippen MR) is 105 cm³/mol. The van der Waals surface area contributed by atoms with Crippen LogP contribution in [0.4, 0.5) is 5.69 Å². The van der Waals surface area contributed by atoms with Crippen molar-refractivity contribution in [1.82, 2.24) is 4.31 Å². The Morgan fingerprint density at radius 1 is 1.10 bits per heavy atom. The minimum Gasteiger partial charge on any atom is -0.478 e. The standard InChI is InChI=1S/C19H18N2O9S/c22-16(13-1-3-18-19(9-13)30-12-29-18)11-28-17-4-2-14(10-15(17)21(23)24)31(25,26)20-5-7-27-8-6-20/h1-4,9-10H,5-8,11-12H2. The number of rotatable bonds is 7. The van der Waals surface area contributed by atoms with Crippen molar-refractivity contribution in [2.45, 2.75) is 4.90 Å². The van der Waals surface area contributed by atoms with Crippen LogP contribution in [0.1, 0.15) is 10.4 Å². The SMILES string of the molecule is O=C(COc1ccc(S(=O)(=O)N2CCOCC2)cc1[N+](=O)[O-])c1ccc2c(c1)OCO2. The summed E-state index contributed by atoms with van der Waals surface area (Å²) in [4.78, 5) is 23.0. The van der Waals surface area contributed by atoms with Crippen LogP contribution in [-0.4, -0.2) is 63.1 Å². The van der Waals surface area contributed by atoms with E-state index < -0.39 is 33.0 Å². The predicted octanol–water partition coefficient (Wildman–Crippen LogP) is 1.61. The maximum Gasteiger partial charge on any atom is 0.312 e. The first-order valence-corrected chi connectivity index (χ1v) is 10.7. The van der Waals surface area contributed by atoms with Crippen LogP contribution in [0.3, 0.4) is 0 Å². The molecule has 31 heavy (non-hydrogen) atoms. The normalized spacial score (nSPS) is 16.1. The molecule has 2 aliphatic heterocycles. The van der Waals surface area contributed by atoms with E-state index in [1.807, 2.05) is 0 Å². The highest BCUT2D eigenvalue weighted by molar-refractivity contribution is 7.89. The number of nitro groups is 1. The molecule has 2 heterocycles. The molecule has 0 N–H and O–H groups in total. The lowest BCUT2D eigenvalue weighted by Gasteiger charge is -2.26. The largest absolute Gasteiger partial charge is 0.478 e. The Kier molecular flexibility index (Phi) is 5.76. The average molecular weight is 450 g/mol. The smallest absolute Gasteiger partial charge is 0.312 e. The molecule has 0 amide bonds. The quantitative estimate of drug-likeness (QED) is 0.350. The molecule has 0 spiro atoms. The van der Waals surface area contributed by atoms with Crippen LogP contribution >= 0.6 is 0 Å². The van der Waals surface area contributed by atoms with Gasteiger partial charge in [-0.3, -0.25) is 14.9 Å². The van der Waals surface area contributed by atoms with Crippen molar-refractivity contribution in [1.29, 1.82) is 0 Å². The Morgan fingerprint density at radius 2 is 1.84 bits per heavy atom. The zero-order chi connectivity index (χ0) is 22.0. The number of carbonyl (C=O) groups is 1. The lowest BCUT2D eigenvalue weighted by atomic mass is 10.1. The van der Waals surface area contributed by atoms with Crippen molar-refractivity contribution in [3.63, 3.8) is 0 Å². The first-order chi connectivity index (χ1) is 14.9. The number of Topliss-reactive ketones (excluding diaryl/α,β-unsaturated/α-hetero) is 1. The van der Waals surface area contributed by atoms with E-state index >= 15 is 0 Å². The number of ether oxygens (including phenoxy) is 4. The van der Waals surface area contributed by atoms with Gasteiger partial charge in [0, 0.05) is 24.7 Å². The Balaban J connectivity index is 1.52. The van der Waals surface area contributed by atoms with E-state index in [1.54, 1.807) is 6.07 Å². The minimum absolute atomic E-state index is 0.0649. The van der Waals surface area contributed by atoms with Crippen molar-refractivity contribution in [3.8, 4) is 17.2 Å². The molecule has 0 unspecified atom stereocenters. The van der Waals surface area contributed by atoms with Gasteiger partial charge in [0.25, 0.3) is 0 Å². The first-order valence-electron chi connectivity index (χ1n) is 9.28. The van der Waals surface area contributed by atoms with Gasteiger partial charge in [-0.1, -0.05) is 0 Å². The molecular weight excluding hydrogens is 432 g/mol. The van der Waals surface area contributed by atoms with Crippen molar-refractivity contribution >= 4 is 21.5 Å². The molecule has 0 saturated carbocycles. The van der Waals surface area contributed by atoms with Gasteiger partial charge in [-0.2, -0.15) is 4.31 Å². The summed E-state index contributed by atoms with van der Waals surface area (Å²) < 4.78 is 47.6. The van der Waals surface area contributed by atoms with Gasteiger partial charge >= 0.3 is 5.69 Å². The molecule has 2 aliphatic rings. The summed E-state index contributed by atoms with van der Waals surface area (Å²) in [5, 5.41) is 11.5. The van der Waals surface area contributed by atoms with Crippen LogP contribution in [0.2, 0.25) is 0 Å². The maximum atomic E-state index is 12.7. The molecule has 1 fully saturated rings. The first kappa shape index (κ1) is 21.0. The van der Waals surface area contributed by atoms with Crippen LogP contribution in [0.15, 0.2) is 41.3 Å². The average Bonchev–Trinajstić information content (AvgIpc) is 3.25. The molecule has 1 saturated heterocycles. The third-order valence-corrected chi connectivity index (χ3v) is 6.68. The summed E-state index contributed by atoms with van der Waals surface area (Å²) in [7, 11) is -3.91. The highest BCUT2D eigenvalue weighted by Gasteiger charge is 2.29. The van der Waals surface area contributed by atoms with Crippen molar-refractivity contribution in [2.75, 3.05) is 39.7 Å². The summed E-state index contributed by atoms with van der Waals surface area (Å²) >= 11 is 0.